The summed E-state index contributed by atoms with van der Waals surface area (Å²) >= 11 is 0. The van der Waals surface area contributed by atoms with E-state index in [2.05, 4.69) is 0 Å². The fourth-order valence-electron chi connectivity index (χ4n) is 12.9. The molecule has 1 aromatic heterocycles. The summed E-state index contributed by atoms with van der Waals surface area (Å²) in [6.07, 6.45) is 6.73. The molecule has 1 aromatic carbocycles. The number of aromatic nitrogens is 3. The summed E-state index contributed by atoms with van der Waals surface area (Å²) < 4.78 is 39.8. The third-order valence-corrected chi connectivity index (χ3v) is 17.8. The Balaban J connectivity index is 1.26. The van der Waals surface area contributed by atoms with Gasteiger partial charge in [-0.25, -0.2) is 28.3 Å². The number of aliphatic hydroxyl groups excluding tert-OH is 1. The number of hydrogen-bond donors (Lipinski definition) is 2. The van der Waals surface area contributed by atoms with E-state index in [1.54, 1.807) is 78.3 Å². The number of piperidine rings is 1. The Morgan fingerprint density at radius 2 is 1.46 bits per heavy atom. The van der Waals surface area contributed by atoms with Crippen molar-refractivity contribution in [1.82, 2.24) is 18.8 Å². The topological polar surface area (TPSA) is 233 Å². The molecule has 4 bridgehead atoms. The highest BCUT2D eigenvalue weighted by atomic mass is 16.6. The molecule has 19 nitrogen and oxygen atoms in total. The number of methoxy groups -OCH3 is 4. The van der Waals surface area contributed by atoms with Crippen LogP contribution >= 0.6 is 0 Å². The van der Waals surface area contributed by atoms with Crippen LogP contribution in [0.25, 0.3) is 5.69 Å². The van der Waals surface area contributed by atoms with E-state index >= 15 is 0 Å². The lowest BCUT2D eigenvalue weighted by molar-refractivity contribution is -0.265. The molecule has 2 N–H and O–H groups in total. The Labute approximate surface area is 464 Å². The molecule has 0 spiro atoms. The van der Waals surface area contributed by atoms with Crippen LogP contribution in [0, 0.1) is 35.5 Å². The average molecular weight is 1100 g/mol. The normalized spacial score (nSPS) is 35.5. The first-order valence-corrected chi connectivity index (χ1v) is 28.5. The number of nitrogens with zero attached hydrogens (tertiary/aromatic N) is 4. The van der Waals surface area contributed by atoms with Crippen LogP contribution in [0.1, 0.15) is 138 Å². The van der Waals surface area contributed by atoms with Gasteiger partial charge in [-0.05, 0) is 119 Å². The highest BCUT2D eigenvalue weighted by molar-refractivity contribution is 6.39. The SMILES string of the molecule is CO[C@H]1C[C@@H]2CC[C@@H](C)[C@@](O)(O2)C(=O)C(=O)N2CCCC[C@H]2C(=O)O[C@H]([C@H](C)C[C@@H]2CC[C@@H](OC)[C@H](OC)C2)CC(=O)[C@H](C)C=C(C)[C@@H](O)[C@@H](OC)C(=O)[C@H](C)C[C@H](C)C2C=CC(C=C1C)n1c(=O)n(-c3ccccc3)c(=O)n12. The second-order valence-corrected chi connectivity index (χ2v) is 23.3. The predicted molar refractivity (Wildman–Crippen MR) is 293 cm³/mol. The largest absolute Gasteiger partial charge is 0.460 e. The number of Topliss-reactive ketones (excluding diaryl/α,β-unsaturated/α-hetero) is 3. The number of esters is 1. The second kappa shape index (κ2) is 26.6. The van der Waals surface area contributed by atoms with Crippen LogP contribution in [0.4, 0.5) is 0 Å². The van der Waals surface area contributed by atoms with Crippen LogP contribution in [-0.2, 0) is 52.4 Å². The number of ketones is 3. The number of para-hydroxylation sites is 1. The lowest BCUT2D eigenvalue weighted by Gasteiger charge is -2.43. The van der Waals surface area contributed by atoms with Gasteiger partial charge < -0.3 is 43.5 Å². The summed E-state index contributed by atoms with van der Waals surface area (Å²) in [5.74, 6) is -9.19. The predicted octanol–water partition coefficient (Wildman–Crippen LogP) is 6.19. The average Bonchev–Trinajstić information content (AvgIpc) is 3.78. The first kappa shape index (κ1) is 61.5. The van der Waals surface area contributed by atoms with E-state index in [1.165, 1.54) is 28.5 Å². The van der Waals surface area contributed by atoms with E-state index in [1.807, 2.05) is 39.0 Å². The number of ether oxygens (including phenoxy) is 6. The number of rotatable bonds is 8. The molecule has 5 aliphatic heterocycles. The van der Waals surface area contributed by atoms with Gasteiger partial charge in [0.25, 0.3) is 11.7 Å². The molecule has 19 heteroatoms. The van der Waals surface area contributed by atoms with E-state index in [0.717, 1.165) is 17.4 Å². The lowest BCUT2D eigenvalue weighted by atomic mass is 9.78. The third kappa shape index (κ3) is 13.3. The number of aliphatic hydroxyl groups is 2. The molecule has 2 unspecified atom stereocenters. The van der Waals surface area contributed by atoms with Gasteiger partial charge in [0.1, 0.15) is 30.1 Å². The molecule has 0 radical (unpaired) electrons. The molecule has 436 valence electrons. The minimum absolute atomic E-state index is 0.0440. The van der Waals surface area contributed by atoms with Crippen LogP contribution in [0.3, 0.4) is 0 Å². The lowest BCUT2D eigenvalue weighted by Crippen LogP contribution is -2.61. The molecule has 1 amide bonds. The van der Waals surface area contributed by atoms with Crippen molar-refractivity contribution in [2.75, 3.05) is 35.0 Å². The first-order valence-electron chi connectivity index (χ1n) is 28.5. The number of allylic oxidation sites excluding steroid dienone is 4. The Bertz CT molecular complexity index is 2710. The minimum Gasteiger partial charge on any atom is -0.460 e. The zero-order valence-electron chi connectivity index (χ0n) is 48.1. The molecule has 1 saturated carbocycles. The van der Waals surface area contributed by atoms with Crippen molar-refractivity contribution in [2.45, 2.75) is 192 Å². The van der Waals surface area contributed by atoms with Crippen molar-refractivity contribution in [3.63, 3.8) is 0 Å². The smallest absolute Gasteiger partial charge is 0.352 e. The number of fused-ring (bicyclic) bond motifs is 15. The van der Waals surface area contributed by atoms with E-state index in [9.17, 15) is 43.8 Å². The van der Waals surface area contributed by atoms with Gasteiger partial charge in [-0.2, -0.15) is 0 Å². The Morgan fingerprint density at radius 3 is 2.13 bits per heavy atom. The van der Waals surface area contributed by atoms with Crippen LogP contribution in [0.5, 0.6) is 0 Å². The molecule has 6 heterocycles. The van der Waals surface area contributed by atoms with Crippen LogP contribution in [0.2, 0.25) is 0 Å². The molecule has 2 aromatic rings. The quantitative estimate of drug-likeness (QED) is 0.171. The van der Waals surface area contributed by atoms with Gasteiger partial charge in [-0.3, -0.25) is 19.2 Å². The summed E-state index contributed by atoms with van der Waals surface area (Å²) in [6.45, 7) is 12.3. The minimum atomic E-state index is -2.54. The maximum atomic E-state index is 14.6. The van der Waals surface area contributed by atoms with Crippen LogP contribution in [-0.4, -0.2) is 148 Å². The fraction of sp³-hybridized carbons (Fsp3) is 0.683. The summed E-state index contributed by atoms with van der Waals surface area (Å²) in [5.41, 5.74) is 0.169. The molecule has 8 rings (SSSR count). The van der Waals surface area contributed by atoms with Crippen molar-refractivity contribution in [3.8, 4) is 5.69 Å². The zero-order chi connectivity index (χ0) is 57.6. The fourth-order valence-corrected chi connectivity index (χ4v) is 12.9. The van der Waals surface area contributed by atoms with Crippen molar-refractivity contribution in [1.29, 1.82) is 0 Å². The molecule has 6 aliphatic rings. The second-order valence-electron chi connectivity index (χ2n) is 23.3. The van der Waals surface area contributed by atoms with Crippen LogP contribution < -0.4 is 11.4 Å². The highest BCUT2D eigenvalue weighted by Crippen LogP contribution is 2.39. The molecule has 1 aliphatic carbocycles. The van der Waals surface area contributed by atoms with Crippen molar-refractivity contribution >= 4 is 29.2 Å². The number of carbonyl (C=O) groups is 5. The summed E-state index contributed by atoms with van der Waals surface area (Å²) in [4.78, 5) is 103. The van der Waals surface area contributed by atoms with E-state index < -0.39 is 113 Å². The van der Waals surface area contributed by atoms with Crippen molar-refractivity contribution < 1.29 is 62.6 Å². The van der Waals surface area contributed by atoms with Gasteiger partial charge in [0, 0.05) is 65.6 Å². The highest BCUT2D eigenvalue weighted by Gasteiger charge is 2.53. The number of hydrogen-bond acceptors (Lipinski definition) is 15. The van der Waals surface area contributed by atoms with Gasteiger partial charge in [-0.15, -0.1) is 0 Å². The van der Waals surface area contributed by atoms with E-state index in [0.29, 0.717) is 55.4 Å². The van der Waals surface area contributed by atoms with Crippen LogP contribution in [0.15, 0.2) is 75.4 Å². The zero-order valence-corrected chi connectivity index (χ0v) is 48.1. The van der Waals surface area contributed by atoms with E-state index in [-0.39, 0.29) is 62.1 Å². The summed E-state index contributed by atoms with van der Waals surface area (Å²) in [7, 11) is 6.16. The standard InChI is InChI=1S/C60H86N4O15/c1-34-27-38(5)52(66)54(77-11)53(67)39(6)28-35(2)47(65)33-50(36(3)29-41-21-25-48(74-8)51(31-41)76-10)78-57(70)46-19-15-16-26-61(46)56(69)55(68)60(73)40(7)20-23-44(79-60)32-49(75-9)37(4)30-43-22-24-45(34)64-59(72)62(58(71)63(43)64)42-17-13-12-14-18-42/h12-14,17-18,22,24,28,30,34-36,38,40-41,43-46,48-51,53-54,67,73H,15-16,19-21,23,25-27,29,31-33H2,1-11H3/t34-,35+,36+,38+,40+,41-,43?,44-,45?,46-,48+,49-,50-,51+,53+,54-,60+/m0/s1. The third-order valence-electron chi connectivity index (χ3n) is 17.8. The van der Waals surface area contributed by atoms with Crippen molar-refractivity contribution in [3.05, 3.63) is 86.8 Å². The molecular formula is C60H86N4O15. The Hall–Kier alpha value is -5.15. The number of benzene rings is 1. The maximum Gasteiger partial charge on any atom is 0.352 e. The molecule has 2 saturated heterocycles. The van der Waals surface area contributed by atoms with Gasteiger partial charge in [0.2, 0.25) is 5.79 Å². The number of carbonyl (C=O) groups excluding carboxylic acids is 5. The monoisotopic (exact) mass is 1100 g/mol. The van der Waals surface area contributed by atoms with Gasteiger partial charge in [0.15, 0.2) is 5.78 Å². The van der Waals surface area contributed by atoms with E-state index in [4.69, 9.17) is 28.4 Å². The molecular weight excluding hydrogens is 1020 g/mol. The Kier molecular flexibility index (Phi) is 20.7. The van der Waals surface area contributed by atoms with Gasteiger partial charge >= 0.3 is 17.3 Å². The van der Waals surface area contributed by atoms with Crippen molar-refractivity contribution in [2.24, 2.45) is 35.5 Å². The van der Waals surface area contributed by atoms with Gasteiger partial charge in [0.05, 0.1) is 42.2 Å². The summed E-state index contributed by atoms with van der Waals surface area (Å²) in [5, 5.41) is 24.0. The summed E-state index contributed by atoms with van der Waals surface area (Å²) in [6, 6.07) is 5.94. The first-order chi connectivity index (χ1) is 37.6. The van der Waals surface area contributed by atoms with Gasteiger partial charge in [-0.1, -0.05) is 77.1 Å². The number of amides is 1. The maximum absolute atomic E-state index is 14.6. The molecule has 17 atom stereocenters. The molecule has 79 heavy (non-hydrogen) atoms. The molecule has 3 fully saturated rings. The Morgan fingerprint density at radius 1 is 0.759 bits per heavy atom.